The normalized spacial score (nSPS) is 20.7. The summed E-state index contributed by atoms with van der Waals surface area (Å²) in [4.78, 5) is 5.57. The molecule has 0 saturated carbocycles. The molecule has 0 unspecified atom stereocenters. The van der Waals surface area contributed by atoms with Gasteiger partial charge >= 0.3 is 0 Å². The van der Waals surface area contributed by atoms with Crippen molar-refractivity contribution >= 4 is 11.6 Å². The second-order valence-corrected chi connectivity index (χ2v) is 4.19. The van der Waals surface area contributed by atoms with Crippen LogP contribution in [0.15, 0.2) is 18.3 Å². The second-order valence-electron chi connectivity index (χ2n) is 3.80. The van der Waals surface area contributed by atoms with Gasteiger partial charge in [0.15, 0.2) is 0 Å². The number of rotatable bonds is 2. The van der Waals surface area contributed by atoms with Crippen molar-refractivity contribution in [2.75, 3.05) is 13.1 Å². The number of alkyl halides is 2. The molecule has 1 aromatic rings. The van der Waals surface area contributed by atoms with E-state index in [0.717, 1.165) is 5.56 Å². The molecule has 2 nitrogen and oxygen atoms in total. The van der Waals surface area contributed by atoms with E-state index in [1.807, 2.05) is 0 Å². The van der Waals surface area contributed by atoms with E-state index in [-0.39, 0.29) is 13.0 Å². The van der Waals surface area contributed by atoms with Crippen LogP contribution in [0, 0.1) is 0 Å². The van der Waals surface area contributed by atoms with Crippen LogP contribution in [0.25, 0.3) is 0 Å². The van der Waals surface area contributed by atoms with Crippen molar-refractivity contribution in [2.45, 2.75) is 18.9 Å². The molecule has 0 spiro atoms. The number of pyridine rings is 1. The molecular formula is C10H11ClF2N2. The van der Waals surface area contributed by atoms with Gasteiger partial charge in [0, 0.05) is 25.7 Å². The first-order valence-corrected chi connectivity index (χ1v) is 5.14. The summed E-state index contributed by atoms with van der Waals surface area (Å²) in [5.74, 6) is -2.53. The number of likely N-dealkylation sites (tertiary alicyclic amines) is 1. The Bertz CT molecular complexity index is 357. The Hall–Kier alpha value is -0.740. The zero-order valence-electron chi connectivity index (χ0n) is 8.09. The summed E-state index contributed by atoms with van der Waals surface area (Å²) >= 11 is 5.71. The van der Waals surface area contributed by atoms with Crippen LogP contribution in [0.5, 0.6) is 0 Å². The standard InChI is InChI=1S/C10H11ClF2N2/c11-9-5-8(1-3-14-9)6-15-4-2-10(12,13)7-15/h1,3,5H,2,4,6-7H2. The lowest BCUT2D eigenvalue weighted by molar-refractivity contribution is 0.0115. The summed E-state index contributed by atoms with van der Waals surface area (Å²) in [5.41, 5.74) is 0.924. The van der Waals surface area contributed by atoms with Gasteiger partial charge in [-0.2, -0.15) is 0 Å². The Morgan fingerprint density at radius 2 is 2.33 bits per heavy atom. The van der Waals surface area contributed by atoms with Crippen molar-refractivity contribution in [3.63, 3.8) is 0 Å². The summed E-state index contributed by atoms with van der Waals surface area (Å²) in [7, 11) is 0. The maximum Gasteiger partial charge on any atom is 0.261 e. The predicted molar refractivity (Wildman–Crippen MR) is 54.1 cm³/mol. The monoisotopic (exact) mass is 232 g/mol. The number of nitrogens with zero attached hydrogens (tertiary/aromatic N) is 2. The van der Waals surface area contributed by atoms with Crippen molar-refractivity contribution < 1.29 is 8.78 Å². The van der Waals surface area contributed by atoms with E-state index < -0.39 is 5.92 Å². The number of hydrogen-bond donors (Lipinski definition) is 0. The molecule has 2 rings (SSSR count). The number of aromatic nitrogens is 1. The van der Waals surface area contributed by atoms with E-state index >= 15 is 0 Å². The van der Waals surface area contributed by atoms with Gasteiger partial charge in [-0.25, -0.2) is 13.8 Å². The van der Waals surface area contributed by atoms with Crippen LogP contribution in [0.2, 0.25) is 5.15 Å². The first-order chi connectivity index (χ1) is 7.05. The lowest BCUT2D eigenvalue weighted by Gasteiger charge is -2.15. The van der Waals surface area contributed by atoms with Crippen molar-refractivity contribution in [3.8, 4) is 0 Å². The minimum Gasteiger partial charge on any atom is -0.293 e. The van der Waals surface area contributed by atoms with Crippen LogP contribution < -0.4 is 0 Å². The molecule has 2 heterocycles. The number of halogens is 3. The van der Waals surface area contributed by atoms with Gasteiger partial charge in [0.2, 0.25) is 0 Å². The highest BCUT2D eigenvalue weighted by Crippen LogP contribution is 2.27. The Morgan fingerprint density at radius 1 is 1.53 bits per heavy atom. The Kier molecular flexibility index (Phi) is 2.89. The highest BCUT2D eigenvalue weighted by Gasteiger charge is 2.37. The van der Waals surface area contributed by atoms with E-state index in [4.69, 9.17) is 11.6 Å². The molecule has 0 N–H and O–H groups in total. The lowest BCUT2D eigenvalue weighted by Crippen LogP contribution is -2.24. The molecular weight excluding hydrogens is 222 g/mol. The van der Waals surface area contributed by atoms with Crippen molar-refractivity contribution in [2.24, 2.45) is 0 Å². The largest absolute Gasteiger partial charge is 0.293 e. The fraction of sp³-hybridized carbons (Fsp3) is 0.500. The second kappa shape index (κ2) is 4.02. The summed E-state index contributed by atoms with van der Waals surface area (Å²) in [6, 6.07) is 3.50. The van der Waals surface area contributed by atoms with E-state index in [1.54, 1.807) is 23.2 Å². The van der Waals surface area contributed by atoms with Gasteiger partial charge in [-0.3, -0.25) is 4.90 Å². The van der Waals surface area contributed by atoms with E-state index in [9.17, 15) is 8.78 Å². The number of hydrogen-bond acceptors (Lipinski definition) is 2. The third-order valence-electron chi connectivity index (χ3n) is 2.45. The van der Waals surface area contributed by atoms with E-state index in [1.165, 1.54) is 0 Å². The molecule has 1 aliphatic rings. The Morgan fingerprint density at radius 3 is 2.93 bits per heavy atom. The van der Waals surface area contributed by atoms with Crippen LogP contribution in [0.4, 0.5) is 8.78 Å². The zero-order valence-corrected chi connectivity index (χ0v) is 8.84. The third-order valence-corrected chi connectivity index (χ3v) is 2.65. The molecule has 0 amide bonds. The maximum absolute atomic E-state index is 12.9. The zero-order chi connectivity index (χ0) is 10.9. The minimum atomic E-state index is -2.53. The average molecular weight is 233 g/mol. The maximum atomic E-state index is 12.9. The fourth-order valence-electron chi connectivity index (χ4n) is 1.74. The molecule has 0 atom stereocenters. The van der Waals surface area contributed by atoms with E-state index in [2.05, 4.69) is 4.98 Å². The molecule has 15 heavy (non-hydrogen) atoms. The molecule has 1 aromatic heterocycles. The predicted octanol–water partition coefficient (Wildman–Crippen LogP) is 2.58. The molecule has 1 aliphatic heterocycles. The quantitative estimate of drug-likeness (QED) is 0.729. The van der Waals surface area contributed by atoms with Crippen molar-refractivity contribution in [3.05, 3.63) is 29.0 Å². The lowest BCUT2D eigenvalue weighted by atomic mass is 10.2. The topological polar surface area (TPSA) is 16.1 Å². The molecule has 82 valence electrons. The fourth-order valence-corrected chi connectivity index (χ4v) is 1.94. The van der Waals surface area contributed by atoms with Crippen LogP contribution in [-0.2, 0) is 6.54 Å². The molecule has 5 heteroatoms. The highest BCUT2D eigenvalue weighted by atomic mass is 35.5. The molecule has 1 saturated heterocycles. The smallest absolute Gasteiger partial charge is 0.261 e. The van der Waals surface area contributed by atoms with Crippen LogP contribution in [0.1, 0.15) is 12.0 Å². The molecule has 0 bridgehead atoms. The first kappa shape index (κ1) is 10.8. The van der Waals surface area contributed by atoms with Gasteiger partial charge in [-0.05, 0) is 17.7 Å². The van der Waals surface area contributed by atoms with Crippen molar-refractivity contribution in [1.29, 1.82) is 0 Å². The molecule has 0 aliphatic carbocycles. The van der Waals surface area contributed by atoms with Gasteiger partial charge in [0.25, 0.3) is 5.92 Å². The SMILES string of the molecule is FC1(F)CCN(Cc2ccnc(Cl)c2)C1. The van der Waals surface area contributed by atoms with Crippen LogP contribution >= 0.6 is 11.6 Å². The summed E-state index contributed by atoms with van der Waals surface area (Å²) in [6.07, 6.45) is 1.54. The molecule has 1 fully saturated rings. The van der Waals surface area contributed by atoms with Gasteiger partial charge in [0.1, 0.15) is 5.15 Å². The third kappa shape index (κ3) is 2.86. The first-order valence-electron chi connectivity index (χ1n) is 4.76. The summed E-state index contributed by atoms with van der Waals surface area (Å²) in [5, 5.41) is 0.401. The van der Waals surface area contributed by atoms with Gasteiger partial charge in [-0.1, -0.05) is 11.6 Å². The van der Waals surface area contributed by atoms with Crippen LogP contribution in [-0.4, -0.2) is 28.9 Å². The minimum absolute atomic E-state index is 0.0498. The van der Waals surface area contributed by atoms with Gasteiger partial charge in [0.05, 0.1) is 6.54 Å². The van der Waals surface area contributed by atoms with Crippen molar-refractivity contribution in [1.82, 2.24) is 9.88 Å². The van der Waals surface area contributed by atoms with Gasteiger partial charge in [-0.15, -0.1) is 0 Å². The van der Waals surface area contributed by atoms with Crippen LogP contribution in [0.3, 0.4) is 0 Å². The molecule has 0 radical (unpaired) electrons. The molecule has 0 aromatic carbocycles. The van der Waals surface area contributed by atoms with Gasteiger partial charge < -0.3 is 0 Å². The highest BCUT2D eigenvalue weighted by molar-refractivity contribution is 6.29. The Balaban J connectivity index is 1.99. The summed E-state index contributed by atoms with van der Waals surface area (Å²) < 4.78 is 25.8. The van der Waals surface area contributed by atoms with E-state index in [0.29, 0.717) is 18.2 Å². The Labute approximate surface area is 91.9 Å². The summed E-state index contributed by atoms with van der Waals surface area (Å²) in [6.45, 7) is 0.789. The average Bonchev–Trinajstić information content (AvgIpc) is 2.45.